The average molecular weight is 340 g/mol. The molecule has 120 valence electrons. The van der Waals surface area contributed by atoms with Crippen LogP contribution in [0.4, 0.5) is 0 Å². The SMILES string of the molecule is CC(=O)COC(=O)c1cc(-c2ccccc2Cl)nc2ccccc12. The number of fused-ring (bicyclic) bond motifs is 1. The molecule has 0 fully saturated rings. The van der Waals surface area contributed by atoms with E-state index in [1.807, 2.05) is 36.4 Å². The number of Topliss-reactive ketones (excluding diaryl/α,β-unsaturated/α-hetero) is 1. The molecule has 0 spiro atoms. The van der Waals surface area contributed by atoms with E-state index in [4.69, 9.17) is 16.3 Å². The van der Waals surface area contributed by atoms with Gasteiger partial charge in [0.25, 0.3) is 0 Å². The van der Waals surface area contributed by atoms with Gasteiger partial charge in [-0.05, 0) is 25.1 Å². The van der Waals surface area contributed by atoms with Crippen molar-refractivity contribution in [1.29, 1.82) is 0 Å². The van der Waals surface area contributed by atoms with Crippen LogP contribution in [-0.4, -0.2) is 23.3 Å². The number of ether oxygens (including phenoxy) is 1. The van der Waals surface area contributed by atoms with E-state index < -0.39 is 5.97 Å². The summed E-state index contributed by atoms with van der Waals surface area (Å²) in [5, 5.41) is 1.21. The molecule has 0 amide bonds. The number of halogens is 1. The average Bonchev–Trinajstić information content (AvgIpc) is 2.59. The number of hydrogen-bond acceptors (Lipinski definition) is 4. The fourth-order valence-corrected chi connectivity index (χ4v) is 2.63. The number of para-hydroxylation sites is 1. The molecule has 2 aromatic carbocycles. The van der Waals surface area contributed by atoms with Gasteiger partial charge in [-0.3, -0.25) is 4.79 Å². The quantitative estimate of drug-likeness (QED) is 0.665. The van der Waals surface area contributed by atoms with Crippen LogP contribution in [-0.2, 0) is 9.53 Å². The summed E-state index contributed by atoms with van der Waals surface area (Å²) in [5.74, 6) is -0.773. The fraction of sp³-hybridized carbons (Fsp3) is 0.105. The molecule has 0 N–H and O–H groups in total. The van der Waals surface area contributed by atoms with Gasteiger partial charge in [-0.25, -0.2) is 9.78 Å². The smallest absolute Gasteiger partial charge is 0.339 e. The molecule has 3 aromatic rings. The van der Waals surface area contributed by atoms with E-state index in [0.717, 1.165) is 5.56 Å². The first kappa shape index (κ1) is 16.1. The number of rotatable bonds is 4. The van der Waals surface area contributed by atoms with Crippen molar-refractivity contribution in [2.24, 2.45) is 0 Å². The highest BCUT2D eigenvalue weighted by Crippen LogP contribution is 2.30. The Labute approximate surface area is 144 Å². The fourth-order valence-electron chi connectivity index (χ4n) is 2.40. The zero-order valence-corrected chi connectivity index (χ0v) is 13.7. The highest BCUT2D eigenvalue weighted by atomic mass is 35.5. The lowest BCUT2D eigenvalue weighted by Crippen LogP contribution is -2.12. The predicted octanol–water partition coefficient (Wildman–Crippen LogP) is 4.30. The molecule has 0 radical (unpaired) electrons. The van der Waals surface area contributed by atoms with Crippen LogP contribution in [0.2, 0.25) is 5.02 Å². The topological polar surface area (TPSA) is 56.3 Å². The maximum atomic E-state index is 12.4. The maximum Gasteiger partial charge on any atom is 0.339 e. The number of carbonyl (C=O) groups is 2. The zero-order chi connectivity index (χ0) is 17.1. The standard InChI is InChI=1S/C19H14ClNO3/c1-12(22)11-24-19(23)15-10-18(14-7-2-4-8-16(14)20)21-17-9-5-3-6-13(15)17/h2-10H,11H2,1H3. The minimum atomic E-state index is -0.558. The lowest BCUT2D eigenvalue weighted by Gasteiger charge is -2.10. The third kappa shape index (κ3) is 3.29. The Morgan fingerprint density at radius 2 is 1.79 bits per heavy atom. The van der Waals surface area contributed by atoms with Crippen LogP contribution in [0, 0.1) is 0 Å². The highest BCUT2D eigenvalue weighted by molar-refractivity contribution is 6.33. The Balaban J connectivity index is 2.15. The summed E-state index contributed by atoms with van der Waals surface area (Å²) in [6, 6.07) is 16.2. The Morgan fingerprint density at radius 1 is 1.08 bits per heavy atom. The summed E-state index contributed by atoms with van der Waals surface area (Å²) < 4.78 is 5.07. The third-order valence-corrected chi connectivity index (χ3v) is 3.82. The number of ketones is 1. The molecule has 0 aliphatic carbocycles. The van der Waals surface area contributed by atoms with E-state index in [0.29, 0.717) is 27.2 Å². The summed E-state index contributed by atoms with van der Waals surface area (Å²) in [4.78, 5) is 28.1. The van der Waals surface area contributed by atoms with Gasteiger partial charge in [0, 0.05) is 16.0 Å². The minimum Gasteiger partial charge on any atom is -0.454 e. The van der Waals surface area contributed by atoms with Crippen LogP contribution in [0.5, 0.6) is 0 Å². The number of nitrogens with zero attached hydrogens (tertiary/aromatic N) is 1. The van der Waals surface area contributed by atoms with E-state index in [-0.39, 0.29) is 12.4 Å². The zero-order valence-electron chi connectivity index (χ0n) is 13.0. The Kier molecular flexibility index (Phi) is 4.58. The first-order valence-corrected chi connectivity index (χ1v) is 7.75. The van der Waals surface area contributed by atoms with Gasteiger partial charge in [-0.15, -0.1) is 0 Å². The molecular formula is C19H14ClNO3. The number of carbonyl (C=O) groups excluding carboxylic acids is 2. The maximum absolute atomic E-state index is 12.4. The molecule has 4 nitrogen and oxygen atoms in total. The van der Waals surface area contributed by atoms with Crippen LogP contribution < -0.4 is 0 Å². The van der Waals surface area contributed by atoms with Crippen molar-refractivity contribution in [2.75, 3.05) is 6.61 Å². The lowest BCUT2D eigenvalue weighted by molar-refractivity contribution is -0.120. The van der Waals surface area contributed by atoms with Gasteiger partial charge in [-0.1, -0.05) is 48.0 Å². The van der Waals surface area contributed by atoms with Gasteiger partial charge >= 0.3 is 5.97 Å². The molecule has 0 saturated heterocycles. The van der Waals surface area contributed by atoms with Crippen molar-refractivity contribution >= 4 is 34.3 Å². The van der Waals surface area contributed by atoms with Crippen molar-refractivity contribution in [1.82, 2.24) is 4.98 Å². The summed E-state index contributed by atoms with van der Waals surface area (Å²) in [6.45, 7) is 1.12. The first-order chi connectivity index (χ1) is 11.6. The Morgan fingerprint density at radius 3 is 2.54 bits per heavy atom. The van der Waals surface area contributed by atoms with Crippen molar-refractivity contribution in [3.8, 4) is 11.3 Å². The second-order valence-corrected chi connectivity index (χ2v) is 5.74. The lowest BCUT2D eigenvalue weighted by atomic mass is 10.0. The number of pyridine rings is 1. The molecule has 24 heavy (non-hydrogen) atoms. The highest BCUT2D eigenvalue weighted by Gasteiger charge is 2.16. The molecule has 0 atom stereocenters. The predicted molar refractivity (Wildman–Crippen MR) is 93.2 cm³/mol. The molecule has 0 aliphatic heterocycles. The van der Waals surface area contributed by atoms with Crippen molar-refractivity contribution < 1.29 is 14.3 Å². The number of esters is 1. The number of benzene rings is 2. The Hall–Kier alpha value is -2.72. The van der Waals surface area contributed by atoms with Crippen LogP contribution in [0.15, 0.2) is 54.6 Å². The van der Waals surface area contributed by atoms with Crippen LogP contribution in [0.1, 0.15) is 17.3 Å². The van der Waals surface area contributed by atoms with Gasteiger partial charge in [0.2, 0.25) is 0 Å². The van der Waals surface area contributed by atoms with E-state index in [2.05, 4.69) is 4.98 Å². The van der Waals surface area contributed by atoms with Crippen LogP contribution in [0.3, 0.4) is 0 Å². The molecule has 3 rings (SSSR count). The molecule has 0 unspecified atom stereocenters. The van der Waals surface area contributed by atoms with E-state index >= 15 is 0 Å². The molecule has 1 aromatic heterocycles. The molecule has 1 heterocycles. The molecule has 0 saturated carbocycles. The summed E-state index contributed by atoms with van der Waals surface area (Å²) >= 11 is 6.24. The van der Waals surface area contributed by atoms with Crippen molar-refractivity contribution in [3.63, 3.8) is 0 Å². The van der Waals surface area contributed by atoms with Gasteiger partial charge in [-0.2, -0.15) is 0 Å². The van der Waals surface area contributed by atoms with Crippen molar-refractivity contribution in [2.45, 2.75) is 6.92 Å². The molecular weight excluding hydrogens is 326 g/mol. The van der Waals surface area contributed by atoms with Gasteiger partial charge < -0.3 is 4.74 Å². The largest absolute Gasteiger partial charge is 0.454 e. The Bertz CT molecular complexity index is 937. The summed E-state index contributed by atoms with van der Waals surface area (Å²) in [6.07, 6.45) is 0. The minimum absolute atomic E-state index is 0.215. The second kappa shape index (κ2) is 6.81. The van der Waals surface area contributed by atoms with Gasteiger partial charge in [0.1, 0.15) is 6.61 Å². The number of hydrogen-bond donors (Lipinski definition) is 0. The molecule has 0 bridgehead atoms. The third-order valence-electron chi connectivity index (χ3n) is 3.49. The van der Waals surface area contributed by atoms with Crippen LogP contribution in [0.25, 0.3) is 22.2 Å². The normalized spacial score (nSPS) is 10.6. The first-order valence-electron chi connectivity index (χ1n) is 7.37. The summed E-state index contributed by atoms with van der Waals surface area (Å²) in [7, 11) is 0. The summed E-state index contributed by atoms with van der Waals surface area (Å²) in [5.41, 5.74) is 2.32. The van der Waals surface area contributed by atoms with E-state index in [1.165, 1.54) is 6.92 Å². The molecule has 0 aliphatic rings. The van der Waals surface area contributed by atoms with Gasteiger partial charge in [0.15, 0.2) is 5.78 Å². The monoisotopic (exact) mass is 339 g/mol. The van der Waals surface area contributed by atoms with Gasteiger partial charge in [0.05, 0.1) is 16.8 Å². The molecule has 5 heteroatoms. The number of aromatic nitrogens is 1. The van der Waals surface area contributed by atoms with Crippen LogP contribution >= 0.6 is 11.6 Å². The van der Waals surface area contributed by atoms with Crippen molar-refractivity contribution in [3.05, 3.63) is 65.2 Å². The second-order valence-electron chi connectivity index (χ2n) is 5.33. The van der Waals surface area contributed by atoms with E-state index in [1.54, 1.807) is 18.2 Å². The van der Waals surface area contributed by atoms with E-state index in [9.17, 15) is 9.59 Å².